The standard InChI is InChI=1S/C13H9NO3S/c1-16-11-7-10(8-14)18-12(11)13(15)17-9-5-3-2-4-6-9/h2-7H,1H3. The molecule has 90 valence electrons. The molecule has 0 N–H and O–H groups in total. The van der Waals surface area contributed by atoms with Crippen molar-refractivity contribution in [3.05, 3.63) is 46.2 Å². The summed E-state index contributed by atoms with van der Waals surface area (Å²) >= 11 is 1.05. The first-order valence-corrected chi connectivity index (χ1v) is 5.91. The zero-order chi connectivity index (χ0) is 13.0. The van der Waals surface area contributed by atoms with Gasteiger partial charge in [0.15, 0.2) is 4.88 Å². The van der Waals surface area contributed by atoms with E-state index >= 15 is 0 Å². The zero-order valence-corrected chi connectivity index (χ0v) is 10.4. The monoisotopic (exact) mass is 259 g/mol. The first-order valence-electron chi connectivity index (χ1n) is 5.09. The Morgan fingerprint density at radius 3 is 2.67 bits per heavy atom. The third-order valence-corrected chi connectivity index (χ3v) is 3.17. The third kappa shape index (κ3) is 2.50. The van der Waals surface area contributed by atoms with Gasteiger partial charge < -0.3 is 9.47 Å². The number of carbonyl (C=O) groups is 1. The van der Waals surface area contributed by atoms with Gasteiger partial charge in [0.2, 0.25) is 0 Å². The van der Waals surface area contributed by atoms with Crippen LogP contribution in [0.5, 0.6) is 11.5 Å². The summed E-state index contributed by atoms with van der Waals surface area (Å²) in [6, 6.07) is 12.2. The number of carbonyl (C=O) groups excluding carboxylic acids is 1. The van der Waals surface area contributed by atoms with E-state index in [1.54, 1.807) is 24.3 Å². The van der Waals surface area contributed by atoms with Crippen molar-refractivity contribution in [3.8, 4) is 17.6 Å². The normalized spacial score (nSPS) is 9.56. The SMILES string of the molecule is COc1cc(C#N)sc1C(=O)Oc1ccccc1. The molecule has 18 heavy (non-hydrogen) atoms. The predicted octanol–water partition coefficient (Wildman–Crippen LogP) is 2.85. The first kappa shape index (κ1) is 12.1. The molecule has 2 rings (SSSR count). The number of rotatable bonds is 3. The van der Waals surface area contributed by atoms with Gasteiger partial charge in [-0.25, -0.2) is 4.79 Å². The van der Waals surface area contributed by atoms with Crippen molar-refractivity contribution in [2.24, 2.45) is 0 Å². The molecule has 0 fully saturated rings. The van der Waals surface area contributed by atoms with Gasteiger partial charge in [-0.2, -0.15) is 5.26 Å². The summed E-state index contributed by atoms with van der Waals surface area (Å²) in [7, 11) is 1.45. The van der Waals surface area contributed by atoms with Crippen LogP contribution >= 0.6 is 11.3 Å². The largest absolute Gasteiger partial charge is 0.495 e. The van der Waals surface area contributed by atoms with Gasteiger partial charge in [0.1, 0.15) is 22.4 Å². The minimum absolute atomic E-state index is 0.290. The molecule has 0 atom stereocenters. The Bertz CT molecular complexity index is 598. The molecule has 0 aliphatic heterocycles. The lowest BCUT2D eigenvalue weighted by Crippen LogP contribution is -2.07. The summed E-state index contributed by atoms with van der Waals surface area (Å²) in [5.41, 5.74) is 0. The first-order chi connectivity index (χ1) is 8.74. The highest BCUT2D eigenvalue weighted by Gasteiger charge is 2.19. The van der Waals surface area contributed by atoms with Crippen molar-refractivity contribution < 1.29 is 14.3 Å². The minimum Gasteiger partial charge on any atom is -0.495 e. The van der Waals surface area contributed by atoms with E-state index in [-0.39, 0.29) is 4.88 Å². The molecule has 2 aromatic rings. The molecule has 4 nitrogen and oxygen atoms in total. The fourth-order valence-electron chi connectivity index (χ4n) is 1.37. The van der Waals surface area contributed by atoms with Gasteiger partial charge in [-0.15, -0.1) is 11.3 Å². The van der Waals surface area contributed by atoms with Crippen molar-refractivity contribution in [2.45, 2.75) is 0 Å². The van der Waals surface area contributed by atoms with Crippen LogP contribution in [0.1, 0.15) is 14.5 Å². The average molecular weight is 259 g/mol. The molecule has 1 heterocycles. The van der Waals surface area contributed by atoms with Gasteiger partial charge in [-0.3, -0.25) is 0 Å². The van der Waals surface area contributed by atoms with Crippen LogP contribution in [0.3, 0.4) is 0 Å². The van der Waals surface area contributed by atoms with Gasteiger partial charge in [-0.1, -0.05) is 18.2 Å². The molecule has 0 bridgehead atoms. The fraction of sp³-hybridized carbons (Fsp3) is 0.0769. The lowest BCUT2D eigenvalue weighted by Gasteiger charge is -2.03. The molecule has 0 saturated heterocycles. The fourth-order valence-corrected chi connectivity index (χ4v) is 2.16. The van der Waals surface area contributed by atoms with Crippen LogP contribution in [0.25, 0.3) is 0 Å². The summed E-state index contributed by atoms with van der Waals surface area (Å²) in [6.07, 6.45) is 0. The van der Waals surface area contributed by atoms with Gasteiger partial charge >= 0.3 is 5.97 Å². The van der Waals surface area contributed by atoms with E-state index in [0.717, 1.165) is 11.3 Å². The maximum absolute atomic E-state index is 11.9. The van der Waals surface area contributed by atoms with E-state index in [4.69, 9.17) is 14.7 Å². The predicted molar refractivity (Wildman–Crippen MR) is 67.0 cm³/mol. The van der Waals surface area contributed by atoms with E-state index in [1.165, 1.54) is 13.2 Å². The third-order valence-electron chi connectivity index (χ3n) is 2.17. The highest BCUT2D eigenvalue weighted by Crippen LogP contribution is 2.29. The number of esters is 1. The van der Waals surface area contributed by atoms with Gasteiger partial charge in [0.05, 0.1) is 7.11 Å². The summed E-state index contributed by atoms with van der Waals surface area (Å²) in [5, 5.41) is 8.80. The lowest BCUT2D eigenvalue weighted by atomic mass is 10.3. The van der Waals surface area contributed by atoms with E-state index in [0.29, 0.717) is 16.4 Å². The topological polar surface area (TPSA) is 59.3 Å². The number of ether oxygens (including phenoxy) is 2. The van der Waals surface area contributed by atoms with Crippen molar-refractivity contribution >= 4 is 17.3 Å². The minimum atomic E-state index is -0.524. The Hall–Kier alpha value is -2.32. The number of thiophene rings is 1. The molecular weight excluding hydrogens is 250 g/mol. The summed E-state index contributed by atoms with van der Waals surface area (Å²) in [4.78, 5) is 12.6. The Morgan fingerprint density at radius 2 is 2.06 bits per heavy atom. The van der Waals surface area contributed by atoms with Gasteiger partial charge in [0, 0.05) is 6.07 Å². The number of para-hydroxylation sites is 1. The maximum Gasteiger partial charge on any atom is 0.357 e. The number of nitriles is 1. The van der Waals surface area contributed by atoms with Crippen LogP contribution in [0.2, 0.25) is 0 Å². The number of benzene rings is 1. The van der Waals surface area contributed by atoms with Crippen molar-refractivity contribution in [2.75, 3.05) is 7.11 Å². The number of methoxy groups -OCH3 is 1. The highest BCUT2D eigenvalue weighted by molar-refractivity contribution is 7.14. The van der Waals surface area contributed by atoms with Crippen LogP contribution in [-0.4, -0.2) is 13.1 Å². The molecule has 0 radical (unpaired) electrons. The number of hydrogen-bond acceptors (Lipinski definition) is 5. The van der Waals surface area contributed by atoms with E-state index in [9.17, 15) is 4.79 Å². The maximum atomic E-state index is 11.9. The summed E-state index contributed by atoms with van der Waals surface area (Å²) in [6.45, 7) is 0. The summed E-state index contributed by atoms with van der Waals surface area (Å²) in [5.74, 6) is 0.290. The Labute approximate surface area is 108 Å². The molecule has 0 unspecified atom stereocenters. The molecule has 0 spiro atoms. The van der Waals surface area contributed by atoms with Crippen LogP contribution < -0.4 is 9.47 Å². The quantitative estimate of drug-likeness (QED) is 0.628. The second-order valence-corrected chi connectivity index (χ2v) is 4.37. The molecular formula is C13H9NO3S. The molecule has 1 aromatic heterocycles. The summed E-state index contributed by atoms with van der Waals surface area (Å²) < 4.78 is 10.2. The molecule has 1 aromatic carbocycles. The smallest absolute Gasteiger partial charge is 0.357 e. The Morgan fingerprint density at radius 1 is 1.33 bits per heavy atom. The molecule has 0 amide bonds. The van der Waals surface area contributed by atoms with Gasteiger partial charge in [0.25, 0.3) is 0 Å². The van der Waals surface area contributed by atoms with Crippen LogP contribution in [-0.2, 0) is 0 Å². The van der Waals surface area contributed by atoms with Crippen molar-refractivity contribution in [1.82, 2.24) is 0 Å². The van der Waals surface area contributed by atoms with Crippen LogP contribution in [0, 0.1) is 11.3 Å². The molecule has 0 aliphatic rings. The van der Waals surface area contributed by atoms with E-state index in [2.05, 4.69) is 0 Å². The second kappa shape index (κ2) is 5.34. The van der Waals surface area contributed by atoms with Gasteiger partial charge in [-0.05, 0) is 12.1 Å². The Kier molecular flexibility index (Phi) is 3.60. The lowest BCUT2D eigenvalue weighted by molar-refractivity contribution is 0.0737. The van der Waals surface area contributed by atoms with Crippen molar-refractivity contribution in [3.63, 3.8) is 0 Å². The van der Waals surface area contributed by atoms with Crippen molar-refractivity contribution in [1.29, 1.82) is 5.26 Å². The van der Waals surface area contributed by atoms with E-state index in [1.807, 2.05) is 12.1 Å². The Balaban J connectivity index is 2.24. The second-order valence-electron chi connectivity index (χ2n) is 3.32. The number of nitrogens with zero attached hydrogens (tertiary/aromatic N) is 1. The molecule has 0 aliphatic carbocycles. The average Bonchev–Trinajstić information content (AvgIpc) is 2.83. The van der Waals surface area contributed by atoms with Crippen LogP contribution in [0.4, 0.5) is 0 Å². The molecule has 0 saturated carbocycles. The zero-order valence-electron chi connectivity index (χ0n) is 9.54. The highest BCUT2D eigenvalue weighted by atomic mass is 32.1. The number of hydrogen-bond donors (Lipinski definition) is 0. The van der Waals surface area contributed by atoms with Crippen LogP contribution in [0.15, 0.2) is 36.4 Å². The van der Waals surface area contributed by atoms with E-state index < -0.39 is 5.97 Å². The molecule has 5 heteroatoms.